The number of ether oxygens (including phenoxy) is 1. The highest BCUT2D eigenvalue weighted by Gasteiger charge is 2.14. The lowest BCUT2D eigenvalue weighted by molar-refractivity contribution is -0.139. The molecule has 112 valence electrons. The number of H-pyrrole nitrogens is 1. The van der Waals surface area contributed by atoms with E-state index in [1.165, 1.54) is 30.6 Å². The maximum Gasteiger partial charge on any atom is 0.341 e. The number of carboxylic acid groups (broad SMARTS) is 1. The van der Waals surface area contributed by atoms with Crippen LogP contribution in [0.15, 0.2) is 35.5 Å². The Kier molecular flexibility index (Phi) is 4.50. The van der Waals surface area contributed by atoms with Gasteiger partial charge >= 0.3 is 5.97 Å². The zero-order valence-electron chi connectivity index (χ0n) is 10.7. The lowest BCUT2D eigenvalue weighted by Crippen LogP contribution is -2.23. The minimum Gasteiger partial charge on any atom is -0.482 e. The first-order valence-corrected chi connectivity index (χ1v) is 7.24. The Morgan fingerprint density at radius 3 is 2.62 bits per heavy atom. The van der Waals surface area contributed by atoms with Crippen molar-refractivity contribution in [2.45, 2.75) is 11.4 Å². The summed E-state index contributed by atoms with van der Waals surface area (Å²) in [6, 6.07) is 5.40. The number of nitrogens with zero attached hydrogens (tertiary/aromatic N) is 2. The van der Waals surface area contributed by atoms with Crippen molar-refractivity contribution in [1.29, 1.82) is 0 Å². The molecule has 0 amide bonds. The fourth-order valence-electron chi connectivity index (χ4n) is 1.42. The lowest BCUT2D eigenvalue weighted by Gasteiger charge is -2.07. The molecule has 3 N–H and O–H groups in total. The van der Waals surface area contributed by atoms with Gasteiger partial charge in [0.2, 0.25) is 10.0 Å². The quantitative estimate of drug-likeness (QED) is 0.641. The van der Waals surface area contributed by atoms with Gasteiger partial charge in [0.05, 0.1) is 11.4 Å². The summed E-state index contributed by atoms with van der Waals surface area (Å²) in [6.07, 6.45) is 1.28. The Bertz CT molecular complexity index is 697. The van der Waals surface area contributed by atoms with Crippen molar-refractivity contribution >= 4 is 16.0 Å². The van der Waals surface area contributed by atoms with E-state index in [0.29, 0.717) is 5.82 Å². The Labute approximate surface area is 120 Å². The van der Waals surface area contributed by atoms with Gasteiger partial charge in [-0.25, -0.2) is 22.9 Å². The molecule has 2 aromatic rings. The highest BCUT2D eigenvalue weighted by atomic mass is 32.2. The second-order valence-electron chi connectivity index (χ2n) is 3.91. The third-order valence-electron chi connectivity index (χ3n) is 2.39. The number of carboxylic acids is 1. The number of aromatic amines is 1. The standard InChI is InChI=1S/C11H12N4O5S/c16-11(17)6-20-8-1-3-9(4-2-8)21(18,19)14-5-10-12-7-13-15-10/h1-4,7,14H,5-6H2,(H,16,17)(H,12,13,15). The van der Waals surface area contributed by atoms with E-state index in [1.807, 2.05) is 0 Å². The van der Waals surface area contributed by atoms with Gasteiger partial charge in [0.15, 0.2) is 6.61 Å². The number of nitrogens with one attached hydrogen (secondary N) is 2. The minimum atomic E-state index is -3.69. The van der Waals surface area contributed by atoms with Crippen molar-refractivity contribution in [3.63, 3.8) is 0 Å². The van der Waals surface area contributed by atoms with Crippen molar-refractivity contribution in [2.24, 2.45) is 0 Å². The van der Waals surface area contributed by atoms with Gasteiger partial charge in [-0.1, -0.05) is 0 Å². The summed E-state index contributed by atoms with van der Waals surface area (Å²) in [4.78, 5) is 14.2. The van der Waals surface area contributed by atoms with E-state index in [-0.39, 0.29) is 17.2 Å². The lowest BCUT2D eigenvalue weighted by atomic mass is 10.3. The van der Waals surface area contributed by atoms with Crippen LogP contribution in [-0.2, 0) is 21.4 Å². The van der Waals surface area contributed by atoms with E-state index in [1.54, 1.807) is 0 Å². The fourth-order valence-corrected chi connectivity index (χ4v) is 2.41. The maximum absolute atomic E-state index is 12.0. The van der Waals surface area contributed by atoms with E-state index in [0.717, 1.165) is 0 Å². The van der Waals surface area contributed by atoms with Crippen LogP contribution in [0.4, 0.5) is 0 Å². The summed E-state index contributed by atoms with van der Waals surface area (Å²) >= 11 is 0. The molecule has 0 saturated heterocycles. The molecule has 0 aliphatic heterocycles. The number of hydrogen-bond acceptors (Lipinski definition) is 6. The van der Waals surface area contributed by atoms with Crippen LogP contribution in [0.1, 0.15) is 5.82 Å². The topological polar surface area (TPSA) is 134 Å². The summed E-state index contributed by atoms with van der Waals surface area (Å²) in [5.74, 6) is -0.452. The van der Waals surface area contributed by atoms with Crippen molar-refractivity contribution in [2.75, 3.05) is 6.61 Å². The molecule has 0 spiro atoms. The van der Waals surface area contributed by atoms with Gasteiger partial charge in [-0.15, -0.1) is 0 Å². The molecule has 2 rings (SSSR count). The summed E-state index contributed by atoms with van der Waals surface area (Å²) < 4.78 is 31.3. The number of rotatable bonds is 7. The molecular weight excluding hydrogens is 300 g/mol. The third kappa shape index (κ3) is 4.26. The highest BCUT2D eigenvalue weighted by molar-refractivity contribution is 7.89. The van der Waals surface area contributed by atoms with Crippen LogP contribution in [0.2, 0.25) is 0 Å². The average molecular weight is 312 g/mol. The van der Waals surface area contributed by atoms with Crippen LogP contribution < -0.4 is 9.46 Å². The Morgan fingerprint density at radius 1 is 1.33 bits per heavy atom. The number of aromatic nitrogens is 3. The number of carbonyl (C=O) groups is 1. The van der Waals surface area contributed by atoms with E-state index >= 15 is 0 Å². The molecule has 0 fully saturated rings. The van der Waals surface area contributed by atoms with Crippen LogP contribution in [0.25, 0.3) is 0 Å². The third-order valence-corrected chi connectivity index (χ3v) is 3.81. The maximum atomic E-state index is 12.0. The molecule has 1 aromatic heterocycles. The molecule has 0 bridgehead atoms. The second kappa shape index (κ2) is 6.33. The van der Waals surface area contributed by atoms with Crippen LogP contribution in [0.5, 0.6) is 5.75 Å². The molecule has 10 heteroatoms. The molecular formula is C11H12N4O5S. The van der Waals surface area contributed by atoms with Crippen LogP contribution in [0, 0.1) is 0 Å². The van der Waals surface area contributed by atoms with Crippen LogP contribution in [0.3, 0.4) is 0 Å². The summed E-state index contributed by atoms with van der Waals surface area (Å²) in [7, 11) is -3.69. The largest absolute Gasteiger partial charge is 0.482 e. The fraction of sp³-hybridized carbons (Fsp3) is 0.182. The zero-order valence-corrected chi connectivity index (χ0v) is 11.5. The number of hydrogen-bond donors (Lipinski definition) is 3. The van der Waals surface area contributed by atoms with Crippen molar-refractivity contribution < 1.29 is 23.1 Å². The Hall–Kier alpha value is -2.46. The first-order valence-electron chi connectivity index (χ1n) is 5.76. The zero-order chi connectivity index (χ0) is 15.3. The second-order valence-corrected chi connectivity index (χ2v) is 5.68. The molecule has 0 atom stereocenters. The molecule has 1 heterocycles. The molecule has 0 radical (unpaired) electrons. The first-order chi connectivity index (χ1) is 9.97. The smallest absolute Gasteiger partial charge is 0.341 e. The molecule has 0 aliphatic rings. The molecule has 9 nitrogen and oxygen atoms in total. The average Bonchev–Trinajstić information content (AvgIpc) is 2.97. The monoisotopic (exact) mass is 312 g/mol. The van der Waals surface area contributed by atoms with Gasteiger partial charge < -0.3 is 9.84 Å². The van der Waals surface area contributed by atoms with Crippen LogP contribution in [-0.4, -0.2) is 41.3 Å². The molecule has 0 unspecified atom stereocenters. The van der Waals surface area contributed by atoms with E-state index in [4.69, 9.17) is 9.84 Å². The van der Waals surface area contributed by atoms with Crippen LogP contribution >= 0.6 is 0 Å². The summed E-state index contributed by atoms with van der Waals surface area (Å²) in [5.41, 5.74) is 0. The molecule has 0 saturated carbocycles. The summed E-state index contributed by atoms with van der Waals surface area (Å²) in [6.45, 7) is -0.505. The van der Waals surface area contributed by atoms with Gasteiger partial charge in [0.25, 0.3) is 0 Å². The molecule has 1 aromatic carbocycles. The predicted octanol–water partition coefficient (Wildman–Crippen LogP) is -0.253. The number of sulfonamides is 1. The normalized spacial score (nSPS) is 11.2. The number of benzene rings is 1. The van der Waals surface area contributed by atoms with Gasteiger partial charge in [0.1, 0.15) is 17.9 Å². The molecule has 0 aliphatic carbocycles. The van der Waals surface area contributed by atoms with Crippen molar-refractivity contribution in [3.8, 4) is 5.75 Å². The van der Waals surface area contributed by atoms with Gasteiger partial charge in [-0.2, -0.15) is 5.10 Å². The minimum absolute atomic E-state index is 0.0143. The Morgan fingerprint density at radius 2 is 2.05 bits per heavy atom. The van der Waals surface area contributed by atoms with E-state index in [2.05, 4.69) is 19.9 Å². The molecule has 21 heavy (non-hydrogen) atoms. The number of aliphatic carboxylic acids is 1. The van der Waals surface area contributed by atoms with E-state index in [9.17, 15) is 13.2 Å². The van der Waals surface area contributed by atoms with Gasteiger partial charge in [-0.05, 0) is 24.3 Å². The van der Waals surface area contributed by atoms with Gasteiger partial charge in [0, 0.05) is 0 Å². The predicted molar refractivity (Wildman–Crippen MR) is 70.0 cm³/mol. The highest BCUT2D eigenvalue weighted by Crippen LogP contribution is 2.16. The first kappa shape index (κ1) is 14.9. The van der Waals surface area contributed by atoms with E-state index < -0.39 is 22.6 Å². The van der Waals surface area contributed by atoms with Crippen molar-refractivity contribution in [3.05, 3.63) is 36.4 Å². The van der Waals surface area contributed by atoms with Crippen molar-refractivity contribution in [1.82, 2.24) is 19.9 Å². The van der Waals surface area contributed by atoms with Gasteiger partial charge in [-0.3, -0.25) is 5.10 Å². The Balaban J connectivity index is 2.01. The summed E-state index contributed by atoms with van der Waals surface area (Å²) in [5, 5.41) is 14.6. The SMILES string of the molecule is O=C(O)COc1ccc(S(=O)(=O)NCc2ncn[nH]2)cc1.